The number of nitrogens with two attached hydrogens (primary N) is 1. The Morgan fingerprint density at radius 1 is 1.10 bits per heavy atom. The van der Waals surface area contributed by atoms with Crippen LogP contribution >= 0.6 is 0 Å². The number of carboxylic acid groups (broad SMARTS) is 1. The third kappa shape index (κ3) is 3.75. The summed E-state index contributed by atoms with van der Waals surface area (Å²) >= 11 is 0. The van der Waals surface area contributed by atoms with Crippen molar-refractivity contribution in [1.29, 1.82) is 0 Å². The van der Waals surface area contributed by atoms with Crippen LogP contribution < -0.4 is 5.73 Å². The van der Waals surface area contributed by atoms with Crippen LogP contribution in [0.3, 0.4) is 0 Å². The van der Waals surface area contributed by atoms with E-state index in [9.17, 15) is 4.79 Å². The Morgan fingerprint density at radius 3 is 2.52 bits per heavy atom. The number of pyridine rings is 1. The van der Waals surface area contributed by atoms with E-state index in [4.69, 9.17) is 10.8 Å². The Hall–Kier alpha value is -3.14. The summed E-state index contributed by atoms with van der Waals surface area (Å²) in [7, 11) is 0. The van der Waals surface area contributed by atoms with Crippen molar-refractivity contribution in [3.05, 3.63) is 83.2 Å². The van der Waals surface area contributed by atoms with Crippen LogP contribution in [0.25, 0.3) is 11.1 Å². The first-order valence-corrected chi connectivity index (χ1v) is 10.2. The van der Waals surface area contributed by atoms with E-state index in [0.717, 1.165) is 18.0 Å². The topological polar surface area (TPSA) is 76.2 Å². The normalized spacial score (nSPS) is 15.3. The molecule has 0 spiro atoms. The molecule has 1 heterocycles. The molecule has 0 bridgehead atoms. The number of nitrogen functional groups attached to an aromatic ring is 1. The summed E-state index contributed by atoms with van der Waals surface area (Å²) in [4.78, 5) is 13.8. The Balaban J connectivity index is 0.000000192. The summed E-state index contributed by atoms with van der Waals surface area (Å²) in [5.74, 6) is 0.514. The van der Waals surface area contributed by atoms with Gasteiger partial charge in [-0.3, -0.25) is 4.98 Å². The van der Waals surface area contributed by atoms with Gasteiger partial charge in [0.25, 0.3) is 0 Å². The smallest absolute Gasteiger partial charge is 0.337 e. The van der Waals surface area contributed by atoms with Crippen LogP contribution in [0.5, 0.6) is 0 Å². The predicted octanol–water partition coefficient (Wildman–Crippen LogP) is 5.52. The molecule has 4 heteroatoms. The number of fused-ring (bicyclic) bond motifs is 3. The van der Waals surface area contributed by atoms with Gasteiger partial charge in [0.1, 0.15) is 0 Å². The molecule has 2 aromatic carbocycles. The molecule has 3 N–H and O–H groups in total. The van der Waals surface area contributed by atoms with Crippen LogP contribution in [-0.4, -0.2) is 16.1 Å². The maximum absolute atomic E-state index is 10.2. The molecule has 0 saturated heterocycles. The molecule has 1 saturated carbocycles. The highest BCUT2D eigenvalue weighted by Gasteiger charge is 2.29. The molecule has 0 amide bonds. The first-order valence-electron chi connectivity index (χ1n) is 10.2. The Kier molecular flexibility index (Phi) is 5.34. The first kappa shape index (κ1) is 19.2. The fraction of sp³-hybridized carbons (Fsp3) is 0.280. The number of aromatic carboxylic acids is 1. The van der Waals surface area contributed by atoms with Gasteiger partial charge in [-0.1, -0.05) is 49.7 Å². The van der Waals surface area contributed by atoms with E-state index in [1.54, 1.807) is 6.07 Å². The molecular formula is C25H26N2O2. The molecule has 4 nitrogen and oxygen atoms in total. The SMILES string of the molecule is C[C@@H](c1ccc2c(c1N)Cc1ccccc1-2)C1CCC1.O=C(O)c1cccnc1. The molecule has 5 rings (SSSR count). The molecular weight excluding hydrogens is 360 g/mol. The lowest BCUT2D eigenvalue weighted by molar-refractivity contribution is 0.0696. The number of hydrogen-bond donors (Lipinski definition) is 2. The number of aromatic nitrogens is 1. The zero-order valence-electron chi connectivity index (χ0n) is 16.6. The molecule has 0 aliphatic heterocycles. The first-order chi connectivity index (χ1) is 14.1. The second kappa shape index (κ2) is 8.08. The van der Waals surface area contributed by atoms with Gasteiger partial charge in [0.15, 0.2) is 0 Å². The second-order valence-corrected chi connectivity index (χ2v) is 7.96. The quantitative estimate of drug-likeness (QED) is 0.454. The minimum Gasteiger partial charge on any atom is -0.478 e. The van der Waals surface area contributed by atoms with Crippen molar-refractivity contribution >= 4 is 11.7 Å². The fourth-order valence-corrected chi connectivity index (χ4v) is 4.33. The standard InChI is InChI=1S/C19H21N.C6H5NO2/c1-12(13-6-4-7-13)15-9-10-17-16-8-3-2-5-14(16)11-18(17)19(15)20;8-6(9)5-2-1-3-7-4-5/h2-3,5,8-10,12-13H,4,6-7,11,20H2,1H3;1-4H,(H,8,9)/t12-;/m1./s1. The Bertz CT molecular complexity index is 1030. The van der Waals surface area contributed by atoms with Crippen molar-refractivity contribution in [3.63, 3.8) is 0 Å². The third-order valence-electron chi connectivity index (χ3n) is 6.32. The highest BCUT2D eigenvalue weighted by atomic mass is 16.4. The molecule has 2 aliphatic carbocycles. The zero-order chi connectivity index (χ0) is 20.4. The van der Waals surface area contributed by atoms with Crippen LogP contribution in [0.1, 0.15) is 59.2 Å². The monoisotopic (exact) mass is 386 g/mol. The van der Waals surface area contributed by atoms with E-state index in [-0.39, 0.29) is 5.56 Å². The summed E-state index contributed by atoms with van der Waals surface area (Å²) in [5.41, 5.74) is 14.7. The molecule has 3 aromatic rings. The minimum absolute atomic E-state index is 0.220. The molecule has 0 radical (unpaired) electrons. The summed E-state index contributed by atoms with van der Waals surface area (Å²) in [6.07, 6.45) is 7.98. The van der Waals surface area contributed by atoms with Crippen molar-refractivity contribution in [1.82, 2.24) is 4.98 Å². The lowest BCUT2D eigenvalue weighted by atomic mass is 9.73. The lowest BCUT2D eigenvalue weighted by Crippen LogP contribution is -2.19. The van der Waals surface area contributed by atoms with Gasteiger partial charge in [-0.25, -0.2) is 4.79 Å². The number of carboxylic acids is 1. The van der Waals surface area contributed by atoms with E-state index >= 15 is 0 Å². The Morgan fingerprint density at radius 2 is 1.90 bits per heavy atom. The van der Waals surface area contributed by atoms with Gasteiger partial charge in [0.2, 0.25) is 0 Å². The van der Waals surface area contributed by atoms with E-state index in [0.29, 0.717) is 5.92 Å². The van der Waals surface area contributed by atoms with Crippen LogP contribution in [0.15, 0.2) is 60.9 Å². The van der Waals surface area contributed by atoms with Gasteiger partial charge >= 0.3 is 5.97 Å². The number of anilines is 1. The van der Waals surface area contributed by atoms with Crippen molar-refractivity contribution < 1.29 is 9.90 Å². The molecule has 148 valence electrons. The van der Waals surface area contributed by atoms with E-state index in [2.05, 4.69) is 48.3 Å². The largest absolute Gasteiger partial charge is 0.478 e. The van der Waals surface area contributed by atoms with Crippen molar-refractivity contribution in [3.8, 4) is 11.1 Å². The molecule has 29 heavy (non-hydrogen) atoms. The van der Waals surface area contributed by atoms with Crippen molar-refractivity contribution in [2.75, 3.05) is 5.73 Å². The fourth-order valence-electron chi connectivity index (χ4n) is 4.33. The van der Waals surface area contributed by atoms with E-state index < -0.39 is 5.97 Å². The molecule has 0 unspecified atom stereocenters. The highest BCUT2D eigenvalue weighted by molar-refractivity contribution is 5.87. The molecule has 1 fully saturated rings. The maximum Gasteiger partial charge on any atom is 0.337 e. The summed E-state index contributed by atoms with van der Waals surface area (Å²) in [6, 6.07) is 16.3. The van der Waals surface area contributed by atoms with Crippen LogP contribution in [-0.2, 0) is 6.42 Å². The lowest BCUT2D eigenvalue weighted by Gasteiger charge is -2.32. The summed E-state index contributed by atoms with van der Waals surface area (Å²) < 4.78 is 0. The molecule has 2 aliphatic rings. The van der Waals surface area contributed by atoms with Crippen molar-refractivity contribution in [2.24, 2.45) is 5.92 Å². The van der Waals surface area contributed by atoms with Gasteiger partial charge in [-0.15, -0.1) is 0 Å². The number of carbonyl (C=O) groups is 1. The van der Waals surface area contributed by atoms with Gasteiger partial charge in [0.05, 0.1) is 5.56 Å². The van der Waals surface area contributed by atoms with Gasteiger partial charge in [-0.05, 0) is 64.6 Å². The third-order valence-corrected chi connectivity index (χ3v) is 6.32. The van der Waals surface area contributed by atoms with Crippen LogP contribution in [0.4, 0.5) is 5.69 Å². The molecule has 1 atom stereocenters. The van der Waals surface area contributed by atoms with Crippen LogP contribution in [0.2, 0.25) is 0 Å². The van der Waals surface area contributed by atoms with Gasteiger partial charge in [0, 0.05) is 24.5 Å². The van der Waals surface area contributed by atoms with Crippen molar-refractivity contribution in [2.45, 2.75) is 38.5 Å². The Labute approximate surface area is 171 Å². The average Bonchev–Trinajstić information content (AvgIpc) is 3.08. The minimum atomic E-state index is -0.942. The number of nitrogens with zero attached hydrogens (tertiary/aromatic N) is 1. The summed E-state index contributed by atoms with van der Waals surface area (Å²) in [6.45, 7) is 2.35. The molecule has 1 aromatic heterocycles. The number of benzene rings is 2. The zero-order valence-corrected chi connectivity index (χ0v) is 16.6. The number of hydrogen-bond acceptors (Lipinski definition) is 3. The number of rotatable bonds is 3. The van der Waals surface area contributed by atoms with E-state index in [1.165, 1.54) is 65.5 Å². The average molecular weight is 386 g/mol. The highest BCUT2D eigenvalue weighted by Crippen LogP contribution is 2.45. The van der Waals surface area contributed by atoms with E-state index in [1.807, 2.05) is 0 Å². The van der Waals surface area contributed by atoms with Gasteiger partial charge < -0.3 is 10.8 Å². The summed E-state index contributed by atoms with van der Waals surface area (Å²) in [5, 5.41) is 8.34. The van der Waals surface area contributed by atoms with Gasteiger partial charge in [-0.2, -0.15) is 0 Å². The second-order valence-electron chi connectivity index (χ2n) is 7.96. The predicted molar refractivity (Wildman–Crippen MR) is 116 cm³/mol. The van der Waals surface area contributed by atoms with Crippen LogP contribution in [0, 0.1) is 5.92 Å². The maximum atomic E-state index is 10.2.